The number of rotatable bonds is 7. The van der Waals surface area contributed by atoms with E-state index in [4.69, 9.17) is 11.6 Å². The van der Waals surface area contributed by atoms with E-state index in [0.717, 1.165) is 49.6 Å². The summed E-state index contributed by atoms with van der Waals surface area (Å²) in [6.07, 6.45) is 1.85. The van der Waals surface area contributed by atoms with Crippen LogP contribution < -0.4 is 10.6 Å². The Hall–Kier alpha value is -0.810. The molecule has 1 aromatic rings. The number of carbonyl (C=O) groups excluding carboxylic acids is 1. The Morgan fingerprint density at radius 1 is 1.29 bits per heavy atom. The maximum Gasteiger partial charge on any atom is 0.223 e. The number of halogens is 2. The smallest absolute Gasteiger partial charge is 0.223 e. The van der Waals surface area contributed by atoms with Crippen LogP contribution in [0.5, 0.6) is 0 Å². The molecule has 4 nitrogen and oxygen atoms in total. The molecule has 1 amide bonds. The highest BCUT2D eigenvalue weighted by Gasteiger charge is 2.24. The molecule has 1 saturated heterocycles. The fourth-order valence-corrected chi connectivity index (χ4v) is 3.53. The van der Waals surface area contributed by atoms with Crippen molar-refractivity contribution in [2.75, 3.05) is 32.7 Å². The third-order valence-electron chi connectivity index (χ3n) is 4.70. The van der Waals surface area contributed by atoms with Gasteiger partial charge in [0, 0.05) is 17.5 Å². The van der Waals surface area contributed by atoms with Crippen molar-refractivity contribution in [3.8, 4) is 0 Å². The van der Waals surface area contributed by atoms with Crippen molar-refractivity contribution in [2.45, 2.75) is 32.7 Å². The predicted molar refractivity (Wildman–Crippen MR) is 103 cm³/mol. The molecule has 0 saturated carbocycles. The van der Waals surface area contributed by atoms with Gasteiger partial charge in [-0.2, -0.15) is 0 Å². The minimum absolute atomic E-state index is 0. The molecule has 2 rings (SSSR count). The van der Waals surface area contributed by atoms with Crippen LogP contribution in [0, 0.1) is 5.92 Å². The van der Waals surface area contributed by atoms with E-state index >= 15 is 0 Å². The minimum atomic E-state index is 0. The van der Waals surface area contributed by atoms with Crippen LogP contribution in [0.1, 0.15) is 38.3 Å². The molecular formula is C18H29Cl2N3O. The molecule has 1 heterocycles. The maximum absolute atomic E-state index is 12.4. The Morgan fingerprint density at radius 3 is 2.50 bits per heavy atom. The number of amides is 1. The van der Waals surface area contributed by atoms with Gasteiger partial charge in [-0.25, -0.2) is 0 Å². The quantitative estimate of drug-likeness (QED) is 0.770. The van der Waals surface area contributed by atoms with Crippen LogP contribution in [0.25, 0.3) is 0 Å². The van der Waals surface area contributed by atoms with Gasteiger partial charge < -0.3 is 10.6 Å². The van der Waals surface area contributed by atoms with E-state index in [2.05, 4.69) is 35.4 Å². The number of piperidine rings is 1. The zero-order valence-corrected chi connectivity index (χ0v) is 16.1. The molecule has 1 fully saturated rings. The lowest BCUT2D eigenvalue weighted by molar-refractivity contribution is -0.126. The van der Waals surface area contributed by atoms with E-state index in [1.165, 1.54) is 0 Å². The number of carbonyl (C=O) groups is 1. The van der Waals surface area contributed by atoms with Crippen molar-refractivity contribution in [2.24, 2.45) is 5.92 Å². The fourth-order valence-electron chi connectivity index (χ4n) is 3.27. The number of nitrogens with zero attached hydrogens (tertiary/aromatic N) is 1. The Balaban J connectivity index is 0.00000288. The van der Waals surface area contributed by atoms with Gasteiger partial charge in [-0.15, -0.1) is 12.4 Å². The summed E-state index contributed by atoms with van der Waals surface area (Å²) in [4.78, 5) is 14.8. The summed E-state index contributed by atoms with van der Waals surface area (Å²) in [5.41, 5.74) is 1.09. The first-order valence-corrected chi connectivity index (χ1v) is 9.02. The van der Waals surface area contributed by atoms with Gasteiger partial charge in [-0.3, -0.25) is 9.69 Å². The SMILES string of the molecule is CCN(CC)C(CNC(=O)C1CCNCC1)c1ccccc1Cl.Cl. The van der Waals surface area contributed by atoms with Crippen molar-refractivity contribution in [1.82, 2.24) is 15.5 Å². The normalized spacial score (nSPS) is 16.5. The average molecular weight is 374 g/mol. The molecule has 1 unspecified atom stereocenters. The predicted octanol–water partition coefficient (Wildman–Crippen LogP) is 3.26. The second kappa shape index (κ2) is 10.9. The Labute approximate surface area is 156 Å². The zero-order valence-electron chi connectivity index (χ0n) is 14.6. The zero-order chi connectivity index (χ0) is 16.7. The van der Waals surface area contributed by atoms with E-state index in [1.807, 2.05) is 18.2 Å². The third-order valence-corrected chi connectivity index (χ3v) is 5.04. The van der Waals surface area contributed by atoms with Crippen molar-refractivity contribution in [3.05, 3.63) is 34.9 Å². The Bertz CT molecular complexity index is 503. The molecule has 1 aromatic carbocycles. The molecule has 1 atom stereocenters. The van der Waals surface area contributed by atoms with Crippen LogP contribution in [-0.2, 0) is 4.79 Å². The molecule has 0 aromatic heterocycles. The molecule has 24 heavy (non-hydrogen) atoms. The molecule has 136 valence electrons. The lowest BCUT2D eigenvalue weighted by atomic mass is 9.97. The van der Waals surface area contributed by atoms with E-state index in [9.17, 15) is 4.79 Å². The van der Waals surface area contributed by atoms with Crippen LogP contribution in [0.4, 0.5) is 0 Å². The highest BCUT2D eigenvalue weighted by Crippen LogP contribution is 2.27. The lowest BCUT2D eigenvalue weighted by Gasteiger charge is -2.31. The molecule has 2 N–H and O–H groups in total. The monoisotopic (exact) mass is 373 g/mol. The van der Waals surface area contributed by atoms with Gasteiger partial charge in [0.25, 0.3) is 0 Å². The van der Waals surface area contributed by atoms with Gasteiger partial charge >= 0.3 is 0 Å². The molecule has 6 heteroatoms. The maximum atomic E-state index is 12.4. The van der Waals surface area contributed by atoms with Crippen molar-refractivity contribution < 1.29 is 4.79 Å². The second-order valence-corrected chi connectivity index (χ2v) is 6.44. The second-order valence-electron chi connectivity index (χ2n) is 6.03. The first kappa shape index (κ1) is 21.2. The van der Waals surface area contributed by atoms with Gasteiger partial charge in [0.1, 0.15) is 0 Å². The molecule has 0 aliphatic carbocycles. The minimum Gasteiger partial charge on any atom is -0.354 e. The number of likely N-dealkylation sites (N-methyl/N-ethyl adjacent to an activating group) is 1. The molecule has 1 aliphatic rings. The Kier molecular flexibility index (Phi) is 9.67. The van der Waals surface area contributed by atoms with Crippen molar-refractivity contribution in [3.63, 3.8) is 0 Å². The summed E-state index contributed by atoms with van der Waals surface area (Å²) >= 11 is 6.39. The van der Waals surface area contributed by atoms with E-state index in [0.29, 0.717) is 6.54 Å². The van der Waals surface area contributed by atoms with Crippen LogP contribution in [0.15, 0.2) is 24.3 Å². The Morgan fingerprint density at radius 2 is 1.92 bits per heavy atom. The van der Waals surface area contributed by atoms with Gasteiger partial charge in [0.15, 0.2) is 0 Å². The third kappa shape index (κ3) is 5.62. The molecule has 0 radical (unpaired) electrons. The van der Waals surface area contributed by atoms with Crippen LogP contribution in [0.3, 0.4) is 0 Å². The fraction of sp³-hybridized carbons (Fsp3) is 0.611. The van der Waals surface area contributed by atoms with Gasteiger partial charge in [-0.05, 0) is 50.7 Å². The van der Waals surface area contributed by atoms with Gasteiger partial charge in [-0.1, -0.05) is 43.6 Å². The van der Waals surface area contributed by atoms with Crippen molar-refractivity contribution in [1.29, 1.82) is 0 Å². The van der Waals surface area contributed by atoms with Gasteiger partial charge in [0.05, 0.1) is 6.04 Å². The van der Waals surface area contributed by atoms with E-state index in [1.54, 1.807) is 0 Å². The average Bonchev–Trinajstić information content (AvgIpc) is 2.60. The molecular weight excluding hydrogens is 345 g/mol. The number of hydrogen-bond donors (Lipinski definition) is 2. The lowest BCUT2D eigenvalue weighted by Crippen LogP contribution is -2.42. The summed E-state index contributed by atoms with van der Waals surface area (Å²) in [5, 5.41) is 7.22. The summed E-state index contributed by atoms with van der Waals surface area (Å²) in [6, 6.07) is 8.04. The van der Waals surface area contributed by atoms with Crippen molar-refractivity contribution >= 4 is 29.9 Å². The van der Waals surface area contributed by atoms with E-state index < -0.39 is 0 Å². The standard InChI is InChI=1S/C18H28ClN3O.ClH/c1-3-22(4-2)17(15-7-5-6-8-16(15)19)13-21-18(23)14-9-11-20-12-10-14;/h5-8,14,17,20H,3-4,9-13H2,1-2H3,(H,21,23);1H. The summed E-state index contributed by atoms with van der Waals surface area (Å²) in [7, 11) is 0. The van der Waals surface area contributed by atoms with Crippen LogP contribution >= 0.6 is 24.0 Å². The topological polar surface area (TPSA) is 44.4 Å². The van der Waals surface area contributed by atoms with Crippen LogP contribution in [-0.4, -0.2) is 43.5 Å². The summed E-state index contributed by atoms with van der Waals surface area (Å²) in [6.45, 7) is 8.60. The first-order valence-electron chi connectivity index (χ1n) is 8.64. The van der Waals surface area contributed by atoms with Crippen LogP contribution in [0.2, 0.25) is 5.02 Å². The first-order chi connectivity index (χ1) is 11.2. The molecule has 0 bridgehead atoms. The highest BCUT2D eigenvalue weighted by molar-refractivity contribution is 6.31. The highest BCUT2D eigenvalue weighted by atomic mass is 35.5. The summed E-state index contributed by atoms with van der Waals surface area (Å²) < 4.78 is 0. The summed E-state index contributed by atoms with van der Waals surface area (Å²) in [5.74, 6) is 0.315. The number of benzene rings is 1. The largest absolute Gasteiger partial charge is 0.354 e. The van der Waals surface area contributed by atoms with E-state index in [-0.39, 0.29) is 30.3 Å². The van der Waals surface area contributed by atoms with Gasteiger partial charge in [0.2, 0.25) is 5.91 Å². The number of hydrogen-bond acceptors (Lipinski definition) is 3. The molecule has 0 spiro atoms. The number of nitrogens with one attached hydrogen (secondary N) is 2. The molecule has 1 aliphatic heterocycles.